The minimum Gasteiger partial charge on any atom is -0.348 e. The number of hydrogen-bond donors (Lipinski definition) is 1. The van der Waals surface area contributed by atoms with Crippen molar-refractivity contribution in [2.24, 2.45) is 0 Å². The third kappa shape index (κ3) is 4.49. The first-order valence-electron chi connectivity index (χ1n) is 10.2. The Bertz CT molecular complexity index is 1280. The number of rotatable bonds is 5. The van der Waals surface area contributed by atoms with Crippen LogP contribution in [-0.4, -0.2) is 35.8 Å². The Morgan fingerprint density at radius 1 is 0.938 bits per heavy atom. The predicted octanol–water partition coefficient (Wildman–Crippen LogP) is 4.67. The van der Waals surface area contributed by atoms with Gasteiger partial charge in [-0.3, -0.25) is 9.59 Å². The molecule has 4 rings (SSSR count). The summed E-state index contributed by atoms with van der Waals surface area (Å²) in [6.07, 6.45) is 0. The van der Waals surface area contributed by atoms with Crippen molar-refractivity contribution in [3.8, 4) is 11.3 Å². The molecule has 3 aromatic carbocycles. The van der Waals surface area contributed by atoms with Gasteiger partial charge in [-0.1, -0.05) is 30.3 Å². The van der Waals surface area contributed by atoms with Crippen LogP contribution in [0.3, 0.4) is 0 Å². The molecule has 1 aromatic heterocycles. The maximum Gasteiger partial charge on any atom is 0.253 e. The summed E-state index contributed by atoms with van der Waals surface area (Å²) in [6.45, 7) is 0.317. The summed E-state index contributed by atoms with van der Waals surface area (Å²) >= 11 is 0. The second-order valence-corrected chi connectivity index (χ2v) is 7.66. The highest BCUT2D eigenvalue weighted by molar-refractivity contribution is 6.07. The average molecular weight is 427 g/mol. The van der Waals surface area contributed by atoms with Crippen LogP contribution >= 0.6 is 0 Å². The molecule has 1 N–H and O–H groups in total. The number of para-hydroxylation sites is 1. The zero-order valence-corrected chi connectivity index (χ0v) is 17.8. The van der Waals surface area contributed by atoms with Gasteiger partial charge in [0.1, 0.15) is 5.82 Å². The second-order valence-electron chi connectivity index (χ2n) is 7.66. The van der Waals surface area contributed by atoms with Gasteiger partial charge in [0.05, 0.1) is 16.8 Å². The molecule has 0 radical (unpaired) electrons. The number of nitrogens with zero attached hydrogens (tertiary/aromatic N) is 2. The molecule has 1 heterocycles. The van der Waals surface area contributed by atoms with Crippen LogP contribution in [-0.2, 0) is 6.54 Å². The van der Waals surface area contributed by atoms with Crippen LogP contribution in [0.2, 0.25) is 0 Å². The van der Waals surface area contributed by atoms with Gasteiger partial charge >= 0.3 is 0 Å². The molecule has 0 aliphatic carbocycles. The fraction of sp³-hybridized carbons (Fsp3) is 0.115. The second kappa shape index (κ2) is 8.98. The molecule has 160 valence electrons. The Hall–Kier alpha value is -4.06. The maximum atomic E-state index is 13.3. The summed E-state index contributed by atoms with van der Waals surface area (Å²) in [5.41, 5.74) is 3.98. The summed E-state index contributed by atoms with van der Waals surface area (Å²) in [7, 11) is 3.41. The molecule has 5 nitrogen and oxygen atoms in total. The van der Waals surface area contributed by atoms with Gasteiger partial charge in [0.2, 0.25) is 0 Å². The van der Waals surface area contributed by atoms with E-state index >= 15 is 0 Å². The number of carbonyl (C=O) groups is 2. The zero-order chi connectivity index (χ0) is 22.7. The smallest absolute Gasteiger partial charge is 0.253 e. The standard InChI is InChI=1S/C26H22FN3O2/c1-30(2)26(32)19-9-7-17(8-10-19)16-28-25(31)22-15-24(18-11-13-20(27)14-12-18)29-23-6-4-3-5-21(22)23/h3-15H,16H2,1-2H3,(H,28,31). The third-order valence-electron chi connectivity index (χ3n) is 5.16. The lowest BCUT2D eigenvalue weighted by molar-refractivity contribution is 0.0827. The number of halogens is 1. The lowest BCUT2D eigenvalue weighted by Gasteiger charge is -2.12. The van der Waals surface area contributed by atoms with E-state index in [-0.39, 0.29) is 17.6 Å². The summed E-state index contributed by atoms with van der Waals surface area (Å²) in [5, 5.41) is 3.68. The van der Waals surface area contributed by atoms with E-state index in [9.17, 15) is 14.0 Å². The van der Waals surface area contributed by atoms with E-state index in [1.807, 2.05) is 36.4 Å². The van der Waals surface area contributed by atoms with Crippen molar-refractivity contribution in [3.05, 3.63) is 101 Å². The summed E-state index contributed by atoms with van der Waals surface area (Å²) < 4.78 is 13.3. The molecule has 2 amide bonds. The lowest BCUT2D eigenvalue weighted by Crippen LogP contribution is -2.24. The van der Waals surface area contributed by atoms with Crippen molar-refractivity contribution in [2.75, 3.05) is 14.1 Å². The van der Waals surface area contributed by atoms with E-state index in [4.69, 9.17) is 0 Å². The third-order valence-corrected chi connectivity index (χ3v) is 5.16. The first-order valence-corrected chi connectivity index (χ1v) is 10.2. The van der Waals surface area contributed by atoms with Crippen LogP contribution in [0.25, 0.3) is 22.2 Å². The largest absolute Gasteiger partial charge is 0.348 e. The molecular formula is C26H22FN3O2. The van der Waals surface area contributed by atoms with Crippen LogP contribution in [0.5, 0.6) is 0 Å². The van der Waals surface area contributed by atoms with Crippen molar-refractivity contribution in [3.63, 3.8) is 0 Å². The van der Waals surface area contributed by atoms with Gasteiger partial charge in [0, 0.05) is 37.2 Å². The molecule has 0 aliphatic rings. The molecule has 0 saturated heterocycles. The Kier molecular flexibility index (Phi) is 5.94. The molecule has 0 unspecified atom stereocenters. The Morgan fingerprint density at radius 3 is 2.31 bits per heavy atom. The zero-order valence-electron chi connectivity index (χ0n) is 17.8. The number of nitrogens with one attached hydrogen (secondary N) is 1. The van der Waals surface area contributed by atoms with Gasteiger partial charge in [-0.15, -0.1) is 0 Å². The van der Waals surface area contributed by atoms with Gasteiger partial charge in [-0.05, 0) is 54.1 Å². The summed E-state index contributed by atoms with van der Waals surface area (Å²) in [5.74, 6) is -0.636. The van der Waals surface area contributed by atoms with E-state index in [0.717, 1.165) is 16.5 Å². The highest BCUT2D eigenvalue weighted by Crippen LogP contribution is 2.25. The van der Waals surface area contributed by atoms with Crippen LogP contribution in [0.1, 0.15) is 26.3 Å². The molecular weight excluding hydrogens is 405 g/mol. The summed E-state index contributed by atoms with van der Waals surface area (Å²) in [4.78, 5) is 31.3. The van der Waals surface area contributed by atoms with E-state index < -0.39 is 0 Å². The minimum atomic E-state index is -0.328. The topological polar surface area (TPSA) is 62.3 Å². The van der Waals surface area contributed by atoms with Crippen molar-refractivity contribution in [1.29, 1.82) is 0 Å². The van der Waals surface area contributed by atoms with Gasteiger partial charge < -0.3 is 10.2 Å². The quantitative estimate of drug-likeness (QED) is 0.503. The maximum absolute atomic E-state index is 13.3. The lowest BCUT2D eigenvalue weighted by atomic mass is 10.0. The number of pyridine rings is 1. The van der Waals surface area contributed by atoms with Crippen molar-refractivity contribution in [1.82, 2.24) is 15.2 Å². The van der Waals surface area contributed by atoms with E-state index in [1.54, 1.807) is 44.4 Å². The van der Waals surface area contributed by atoms with Gasteiger partial charge in [0.25, 0.3) is 11.8 Å². The van der Waals surface area contributed by atoms with Crippen molar-refractivity contribution < 1.29 is 14.0 Å². The molecule has 0 fully saturated rings. The van der Waals surface area contributed by atoms with E-state index in [1.165, 1.54) is 17.0 Å². The van der Waals surface area contributed by atoms with Crippen molar-refractivity contribution in [2.45, 2.75) is 6.54 Å². The Balaban J connectivity index is 1.59. The molecule has 0 aliphatic heterocycles. The average Bonchev–Trinajstić information content (AvgIpc) is 2.82. The van der Waals surface area contributed by atoms with Gasteiger partial charge in [-0.2, -0.15) is 0 Å². The number of amides is 2. The fourth-order valence-electron chi connectivity index (χ4n) is 3.43. The molecule has 0 bridgehead atoms. The first kappa shape index (κ1) is 21.2. The highest BCUT2D eigenvalue weighted by atomic mass is 19.1. The summed E-state index contributed by atoms with van der Waals surface area (Å²) in [6, 6.07) is 22.3. The molecule has 0 saturated carbocycles. The highest BCUT2D eigenvalue weighted by Gasteiger charge is 2.14. The van der Waals surface area contributed by atoms with E-state index in [0.29, 0.717) is 28.9 Å². The normalized spacial score (nSPS) is 10.7. The number of benzene rings is 3. The molecule has 32 heavy (non-hydrogen) atoms. The van der Waals surface area contributed by atoms with E-state index in [2.05, 4.69) is 10.3 Å². The first-order chi connectivity index (χ1) is 15.4. The van der Waals surface area contributed by atoms with Gasteiger partial charge in [-0.25, -0.2) is 9.37 Å². The van der Waals surface area contributed by atoms with Crippen LogP contribution < -0.4 is 5.32 Å². The van der Waals surface area contributed by atoms with Crippen LogP contribution in [0.15, 0.2) is 78.9 Å². The van der Waals surface area contributed by atoms with Gasteiger partial charge in [0.15, 0.2) is 0 Å². The number of hydrogen-bond acceptors (Lipinski definition) is 3. The number of aromatic nitrogens is 1. The number of carbonyl (C=O) groups excluding carboxylic acids is 2. The molecule has 0 spiro atoms. The fourth-order valence-corrected chi connectivity index (χ4v) is 3.43. The van der Waals surface area contributed by atoms with Crippen molar-refractivity contribution >= 4 is 22.7 Å². The minimum absolute atomic E-state index is 0.0721. The predicted molar refractivity (Wildman–Crippen MR) is 123 cm³/mol. The van der Waals surface area contributed by atoms with Crippen LogP contribution in [0.4, 0.5) is 4.39 Å². The number of fused-ring (bicyclic) bond motifs is 1. The Labute approximate surface area is 185 Å². The SMILES string of the molecule is CN(C)C(=O)c1ccc(CNC(=O)c2cc(-c3ccc(F)cc3)nc3ccccc23)cc1. The molecule has 0 atom stereocenters. The molecule has 4 aromatic rings. The molecule has 6 heteroatoms. The van der Waals surface area contributed by atoms with Crippen LogP contribution in [0, 0.1) is 5.82 Å². The monoisotopic (exact) mass is 427 g/mol. The Morgan fingerprint density at radius 2 is 1.62 bits per heavy atom.